The average Bonchev–Trinajstić information content (AvgIpc) is 2.98. The number of aromatic nitrogens is 4. The van der Waals surface area contributed by atoms with Crippen molar-refractivity contribution in [2.75, 3.05) is 18.5 Å². The predicted octanol–water partition coefficient (Wildman–Crippen LogP) is 1.85. The summed E-state index contributed by atoms with van der Waals surface area (Å²) in [7, 11) is 0. The molecule has 0 fully saturated rings. The second kappa shape index (κ2) is 6.87. The van der Waals surface area contributed by atoms with E-state index in [9.17, 15) is 4.79 Å². The van der Waals surface area contributed by atoms with Crippen molar-refractivity contribution < 1.29 is 9.53 Å². The molecule has 118 valence electrons. The highest BCUT2D eigenvalue weighted by atomic mass is 16.5. The third-order valence-corrected chi connectivity index (χ3v) is 3.31. The normalized spacial score (nSPS) is 10.7. The minimum Gasteiger partial charge on any atom is -0.465 e. The monoisotopic (exact) mass is 311 g/mol. The van der Waals surface area contributed by atoms with Crippen LogP contribution in [0.25, 0.3) is 11.0 Å². The molecule has 3 aromatic rings. The topological polar surface area (TPSA) is 81.9 Å². The molecule has 0 amide bonds. The Balaban J connectivity index is 1.81. The van der Waals surface area contributed by atoms with Crippen LogP contribution in [0.1, 0.15) is 12.5 Å². The van der Waals surface area contributed by atoms with Gasteiger partial charge in [-0.2, -0.15) is 5.10 Å². The lowest BCUT2D eigenvalue weighted by Crippen LogP contribution is -2.17. The standard InChI is InChI=1S/C16H17N5O2/c1-2-23-14(22)9-17-15-13-8-20-21(16(13)19-11-18-15)10-12-6-4-3-5-7-12/h3-8,11H,2,9-10H2,1H3,(H,17,18,19). The highest BCUT2D eigenvalue weighted by molar-refractivity contribution is 5.87. The Morgan fingerprint density at radius 1 is 1.26 bits per heavy atom. The minimum absolute atomic E-state index is 0.0593. The lowest BCUT2D eigenvalue weighted by Gasteiger charge is -2.06. The van der Waals surface area contributed by atoms with E-state index in [0.717, 1.165) is 16.6 Å². The summed E-state index contributed by atoms with van der Waals surface area (Å²) in [5.74, 6) is 0.248. The summed E-state index contributed by atoms with van der Waals surface area (Å²) in [6.07, 6.45) is 3.16. The lowest BCUT2D eigenvalue weighted by molar-refractivity contribution is -0.140. The molecule has 2 heterocycles. The molecule has 0 saturated carbocycles. The molecule has 1 N–H and O–H groups in total. The molecule has 23 heavy (non-hydrogen) atoms. The van der Waals surface area contributed by atoms with Crippen molar-refractivity contribution in [2.24, 2.45) is 0 Å². The van der Waals surface area contributed by atoms with Gasteiger partial charge in [0.25, 0.3) is 0 Å². The van der Waals surface area contributed by atoms with Crippen molar-refractivity contribution in [2.45, 2.75) is 13.5 Å². The number of hydrogen-bond donors (Lipinski definition) is 1. The molecule has 7 nitrogen and oxygen atoms in total. The van der Waals surface area contributed by atoms with Crippen LogP contribution in [0.15, 0.2) is 42.9 Å². The van der Waals surface area contributed by atoms with E-state index in [-0.39, 0.29) is 12.5 Å². The first-order valence-electron chi connectivity index (χ1n) is 7.38. The van der Waals surface area contributed by atoms with Crippen LogP contribution in [0.3, 0.4) is 0 Å². The van der Waals surface area contributed by atoms with Crippen LogP contribution in [0.5, 0.6) is 0 Å². The van der Waals surface area contributed by atoms with Crippen molar-refractivity contribution >= 4 is 22.8 Å². The van der Waals surface area contributed by atoms with Gasteiger partial charge in [0.2, 0.25) is 0 Å². The number of nitrogens with zero attached hydrogens (tertiary/aromatic N) is 4. The highest BCUT2D eigenvalue weighted by Crippen LogP contribution is 2.19. The zero-order valence-corrected chi connectivity index (χ0v) is 12.8. The van der Waals surface area contributed by atoms with Crippen molar-refractivity contribution in [1.82, 2.24) is 19.7 Å². The Labute approximate surface area is 133 Å². The van der Waals surface area contributed by atoms with E-state index in [1.807, 2.05) is 35.0 Å². The number of fused-ring (bicyclic) bond motifs is 1. The van der Waals surface area contributed by atoms with Gasteiger partial charge in [-0.25, -0.2) is 14.6 Å². The van der Waals surface area contributed by atoms with Gasteiger partial charge in [-0.1, -0.05) is 30.3 Å². The third-order valence-electron chi connectivity index (χ3n) is 3.31. The molecule has 0 saturated heterocycles. The van der Waals surface area contributed by atoms with Gasteiger partial charge in [0.05, 0.1) is 24.7 Å². The van der Waals surface area contributed by atoms with Crippen LogP contribution >= 0.6 is 0 Å². The Bertz CT molecular complexity index is 801. The molecule has 1 aromatic carbocycles. The molecule has 0 spiro atoms. The number of anilines is 1. The van der Waals surface area contributed by atoms with Crippen molar-refractivity contribution in [3.63, 3.8) is 0 Å². The van der Waals surface area contributed by atoms with Crippen molar-refractivity contribution in [3.05, 3.63) is 48.4 Å². The summed E-state index contributed by atoms with van der Waals surface area (Å²) >= 11 is 0. The van der Waals surface area contributed by atoms with Gasteiger partial charge in [-0.05, 0) is 12.5 Å². The molecular weight excluding hydrogens is 294 g/mol. The fourth-order valence-corrected chi connectivity index (χ4v) is 2.27. The number of nitrogens with one attached hydrogen (secondary N) is 1. The number of carbonyl (C=O) groups excluding carboxylic acids is 1. The molecule has 0 atom stereocenters. The Morgan fingerprint density at radius 2 is 2.09 bits per heavy atom. The Kier molecular flexibility index (Phi) is 4.46. The molecule has 0 aliphatic carbocycles. The summed E-state index contributed by atoms with van der Waals surface area (Å²) < 4.78 is 6.70. The first kappa shape index (κ1) is 15.0. The van der Waals surface area contributed by atoms with E-state index in [2.05, 4.69) is 20.4 Å². The van der Waals surface area contributed by atoms with Gasteiger partial charge < -0.3 is 10.1 Å². The molecule has 0 aliphatic heterocycles. The van der Waals surface area contributed by atoms with Crippen LogP contribution in [-0.2, 0) is 16.1 Å². The number of rotatable bonds is 6. The molecule has 0 aliphatic rings. The SMILES string of the molecule is CCOC(=O)CNc1ncnc2c1cnn2Cc1ccccc1. The smallest absolute Gasteiger partial charge is 0.325 e. The second-order valence-corrected chi connectivity index (χ2v) is 4.91. The molecule has 0 radical (unpaired) electrons. The molecule has 0 bridgehead atoms. The fourth-order valence-electron chi connectivity index (χ4n) is 2.27. The van der Waals surface area contributed by atoms with E-state index in [0.29, 0.717) is 19.0 Å². The maximum absolute atomic E-state index is 11.4. The summed E-state index contributed by atoms with van der Waals surface area (Å²) in [5, 5.41) is 8.11. The molecule has 3 rings (SSSR count). The second-order valence-electron chi connectivity index (χ2n) is 4.91. The number of carbonyl (C=O) groups is 1. The molecular formula is C16H17N5O2. The van der Waals surface area contributed by atoms with Crippen LogP contribution < -0.4 is 5.32 Å². The Hall–Kier alpha value is -2.96. The van der Waals surface area contributed by atoms with Gasteiger partial charge in [0, 0.05) is 0 Å². The van der Waals surface area contributed by atoms with Gasteiger partial charge in [-0.15, -0.1) is 0 Å². The largest absolute Gasteiger partial charge is 0.465 e. The number of ether oxygens (including phenoxy) is 1. The molecule has 7 heteroatoms. The maximum Gasteiger partial charge on any atom is 0.325 e. The minimum atomic E-state index is -0.323. The number of benzene rings is 1. The van der Waals surface area contributed by atoms with E-state index in [1.165, 1.54) is 6.33 Å². The predicted molar refractivity (Wildman–Crippen MR) is 86.0 cm³/mol. The van der Waals surface area contributed by atoms with Gasteiger partial charge in [0.15, 0.2) is 5.65 Å². The molecule has 2 aromatic heterocycles. The van der Waals surface area contributed by atoms with Crippen LogP contribution in [-0.4, -0.2) is 38.9 Å². The summed E-state index contributed by atoms with van der Waals surface area (Å²) in [4.78, 5) is 19.9. The quantitative estimate of drug-likeness (QED) is 0.700. The first-order chi connectivity index (χ1) is 11.3. The van der Waals surface area contributed by atoms with E-state index in [4.69, 9.17) is 4.74 Å². The molecule has 0 unspecified atom stereocenters. The van der Waals surface area contributed by atoms with Crippen LogP contribution in [0, 0.1) is 0 Å². The summed E-state index contributed by atoms with van der Waals surface area (Å²) in [5.41, 5.74) is 1.85. The fraction of sp³-hybridized carbons (Fsp3) is 0.250. The summed E-state index contributed by atoms with van der Waals surface area (Å²) in [6, 6.07) is 10.0. The summed E-state index contributed by atoms with van der Waals surface area (Å²) in [6.45, 7) is 2.81. The lowest BCUT2D eigenvalue weighted by atomic mass is 10.2. The number of esters is 1. The zero-order valence-electron chi connectivity index (χ0n) is 12.8. The van der Waals surface area contributed by atoms with Crippen molar-refractivity contribution in [1.29, 1.82) is 0 Å². The van der Waals surface area contributed by atoms with Crippen LogP contribution in [0.2, 0.25) is 0 Å². The van der Waals surface area contributed by atoms with Gasteiger partial charge >= 0.3 is 5.97 Å². The number of hydrogen-bond acceptors (Lipinski definition) is 6. The Morgan fingerprint density at radius 3 is 2.87 bits per heavy atom. The first-order valence-corrected chi connectivity index (χ1v) is 7.38. The van der Waals surface area contributed by atoms with Gasteiger partial charge in [-0.3, -0.25) is 4.79 Å². The average molecular weight is 311 g/mol. The van der Waals surface area contributed by atoms with E-state index < -0.39 is 0 Å². The highest BCUT2D eigenvalue weighted by Gasteiger charge is 2.11. The van der Waals surface area contributed by atoms with E-state index in [1.54, 1.807) is 13.1 Å². The zero-order chi connectivity index (χ0) is 16.1. The van der Waals surface area contributed by atoms with E-state index >= 15 is 0 Å². The van der Waals surface area contributed by atoms with Crippen molar-refractivity contribution in [3.8, 4) is 0 Å². The van der Waals surface area contributed by atoms with Gasteiger partial charge in [0.1, 0.15) is 18.7 Å². The maximum atomic E-state index is 11.4. The van der Waals surface area contributed by atoms with Crippen LogP contribution in [0.4, 0.5) is 5.82 Å². The third kappa shape index (κ3) is 3.45.